The Morgan fingerprint density at radius 1 is 1.29 bits per heavy atom. The van der Waals surface area contributed by atoms with Gasteiger partial charge in [-0.25, -0.2) is 4.98 Å². The van der Waals surface area contributed by atoms with Crippen molar-refractivity contribution in [1.82, 2.24) is 15.1 Å². The van der Waals surface area contributed by atoms with Crippen molar-refractivity contribution < 1.29 is 4.52 Å². The first-order valence-corrected chi connectivity index (χ1v) is 5.53. The van der Waals surface area contributed by atoms with Crippen LogP contribution in [0.4, 0.5) is 5.82 Å². The molecule has 4 N–H and O–H groups in total. The van der Waals surface area contributed by atoms with E-state index < -0.39 is 0 Å². The Morgan fingerprint density at radius 2 is 2.12 bits per heavy atom. The smallest absolute Gasteiger partial charge is 0.258 e. The molecule has 0 aliphatic carbocycles. The maximum Gasteiger partial charge on any atom is 0.258 e. The molecular formula is C10H12ClN5O. The van der Waals surface area contributed by atoms with Crippen LogP contribution in [0.3, 0.4) is 0 Å². The number of anilines is 1. The standard InChI is InChI=1S/C10H12ClN5O/c11-7-4-6(5-8(13)14-7)10-15-9(16-17-10)2-1-3-12/h4-5H,1-3,12H2,(H2,13,14). The van der Waals surface area contributed by atoms with Crippen LogP contribution >= 0.6 is 11.6 Å². The number of aryl methyl sites for hydroxylation is 1. The minimum Gasteiger partial charge on any atom is -0.384 e. The number of hydrogen-bond donors (Lipinski definition) is 2. The number of halogens is 1. The molecule has 2 aromatic rings. The second-order valence-corrected chi connectivity index (χ2v) is 3.90. The van der Waals surface area contributed by atoms with Gasteiger partial charge in [-0.3, -0.25) is 0 Å². The molecule has 0 amide bonds. The normalized spacial score (nSPS) is 10.7. The third kappa shape index (κ3) is 2.92. The van der Waals surface area contributed by atoms with Crippen LogP contribution < -0.4 is 11.5 Å². The number of aromatic nitrogens is 3. The lowest BCUT2D eigenvalue weighted by molar-refractivity contribution is 0.422. The Hall–Kier alpha value is -1.66. The van der Waals surface area contributed by atoms with Crippen molar-refractivity contribution in [2.24, 2.45) is 5.73 Å². The lowest BCUT2D eigenvalue weighted by atomic mass is 10.2. The molecule has 0 saturated carbocycles. The molecule has 2 heterocycles. The summed E-state index contributed by atoms with van der Waals surface area (Å²) < 4.78 is 5.11. The van der Waals surface area contributed by atoms with Gasteiger partial charge in [0.05, 0.1) is 0 Å². The lowest BCUT2D eigenvalue weighted by Gasteiger charge is -1.97. The molecular weight excluding hydrogens is 242 g/mol. The van der Waals surface area contributed by atoms with Crippen molar-refractivity contribution in [2.45, 2.75) is 12.8 Å². The summed E-state index contributed by atoms with van der Waals surface area (Å²) in [5, 5.41) is 4.14. The molecule has 0 aromatic carbocycles. The molecule has 17 heavy (non-hydrogen) atoms. The maximum atomic E-state index is 5.79. The number of rotatable bonds is 4. The van der Waals surface area contributed by atoms with E-state index in [-0.39, 0.29) is 0 Å². The van der Waals surface area contributed by atoms with Crippen LogP contribution in [0.25, 0.3) is 11.5 Å². The highest BCUT2D eigenvalue weighted by atomic mass is 35.5. The van der Waals surface area contributed by atoms with Crippen LogP contribution in [0, 0.1) is 0 Å². The SMILES string of the molecule is NCCCc1noc(-c2cc(N)nc(Cl)c2)n1. The van der Waals surface area contributed by atoms with Gasteiger partial charge in [0, 0.05) is 12.0 Å². The number of hydrogen-bond acceptors (Lipinski definition) is 6. The fourth-order valence-electron chi connectivity index (χ4n) is 1.37. The Morgan fingerprint density at radius 3 is 2.82 bits per heavy atom. The monoisotopic (exact) mass is 253 g/mol. The topological polar surface area (TPSA) is 104 Å². The Bertz CT molecular complexity index is 493. The van der Waals surface area contributed by atoms with E-state index in [1.165, 1.54) is 0 Å². The minimum atomic E-state index is 0.293. The van der Waals surface area contributed by atoms with Gasteiger partial charge in [0.25, 0.3) is 5.89 Å². The summed E-state index contributed by atoms with van der Waals surface area (Å²) in [6.45, 7) is 0.595. The first kappa shape index (κ1) is 11.8. The van der Waals surface area contributed by atoms with E-state index in [1.54, 1.807) is 12.1 Å². The van der Waals surface area contributed by atoms with E-state index in [1.807, 2.05) is 0 Å². The first-order valence-electron chi connectivity index (χ1n) is 5.15. The van der Waals surface area contributed by atoms with Gasteiger partial charge in [0.2, 0.25) is 0 Å². The summed E-state index contributed by atoms with van der Waals surface area (Å²) in [5.74, 6) is 1.32. The van der Waals surface area contributed by atoms with E-state index in [2.05, 4.69) is 15.1 Å². The molecule has 2 rings (SSSR count). The minimum absolute atomic E-state index is 0.293. The molecule has 0 unspecified atom stereocenters. The van der Waals surface area contributed by atoms with E-state index in [0.29, 0.717) is 41.2 Å². The average Bonchev–Trinajstić information content (AvgIpc) is 2.73. The fraction of sp³-hybridized carbons (Fsp3) is 0.300. The van der Waals surface area contributed by atoms with Gasteiger partial charge in [-0.15, -0.1) is 0 Å². The van der Waals surface area contributed by atoms with Gasteiger partial charge in [-0.2, -0.15) is 4.98 Å². The van der Waals surface area contributed by atoms with Crippen molar-refractivity contribution in [2.75, 3.05) is 12.3 Å². The summed E-state index contributed by atoms with van der Waals surface area (Å²) in [5.41, 5.74) is 11.6. The van der Waals surface area contributed by atoms with E-state index >= 15 is 0 Å². The number of pyridine rings is 1. The predicted octanol–water partition coefficient (Wildman–Crippen LogP) is 1.26. The van der Waals surface area contributed by atoms with E-state index in [4.69, 9.17) is 27.6 Å². The van der Waals surface area contributed by atoms with Crippen LogP contribution in [-0.2, 0) is 6.42 Å². The van der Waals surface area contributed by atoms with Crippen LogP contribution in [0.1, 0.15) is 12.2 Å². The van der Waals surface area contributed by atoms with Crippen LogP contribution in [0.2, 0.25) is 5.15 Å². The maximum absolute atomic E-state index is 5.79. The molecule has 0 spiro atoms. The molecule has 2 aromatic heterocycles. The summed E-state index contributed by atoms with van der Waals surface area (Å²) >= 11 is 5.79. The van der Waals surface area contributed by atoms with Crippen LogP contribution in [0.5, 0.6) is 0 Å². The van der Waals surface area contributed by atoms with Crippen molar-refractivity contribution in [3.05, 3.63) is 23.1 Å². The van der Waals surface area contributed by atoms with Crippen molar-refractivity contribution >= 4 is 17.4 Å². The predicted molar refractivity (Wildman–Crippen MR) is 64.3 cm³/mol. The molecule has 6 nitrogen and oxygen atoms in total. The fourth-order valence-corrected chi connectivity index (χ4v) is 1.59. The zero-order valence-electron chi connectivity index (χ0n) is 9.06. The third-order valence-electron chi connectivity index (χ3n) is 2.13. The third-order valence-corrected chi connectivity index (χ3v) is 2.33. The second kappa shape index (κ2) is 5.11. The Labute approximate surface area is 103 Å². The summed E-state index contributed by atoms with van der Waals surface area (Å²) in [7, 11) is 0. The van der Waals surface area contributed by atoms with Gasteiger partial charge in [0.1, 0.15) is 11.0 Å². The largest absolute Gasteiger partial charge is 0.384 e. The van der Waals surface area contributed by atoms with Crippen molar-refractivity contribution in [1.29, 1.82) is 0 Å². The number of nitrogen functional groups attached to an aromatic ring is 1. The van der Waals surface area contributed by atoms with Gasteiger partial charge < -0.3 is 16.0 Å². The van der Waals surface area contributed by atoms with Gasteiger partial charge >= 0.3 is 0 Å². The van der Waals surface area contributed by atoms with Crippen molar-refractivity contribution in [3.63, 3.8) is 0 Å². The Kier molecular flexibility index (Phi) is 3.55. The molecule has 0 fully saturated rings. The molecule has 0 radical (unpaired) electrons. The number of nitrogens with two attached hydrogens (primary N) is 2. The Balaban J connectivity index is 2.24. The molecule has 0 aliphatic rings. The van der Waals surface area contributed by atoms with E-state index in [9.17, 15) is 0 Å². The quantitative estimate of drug-likeness (QED) is 0.795. The summed E-state index contributed by atoms with van der Waals surface area (Å²) in [6.07, 6.45) is 1.51. The lowest BCUT2D eigenvalue weighted by Crippen LogP contribution is -2.01. The van der Waals surface area contributed by atoms with E-state index in [0.717, 1.165) is 6.42 Å². The molecule has 0 aliphatic heterocycles. The van der Waals surface area contributed by atoms with Crippen LogP contribution in [-0.4, -0.2) is 21.7 Å². The number of nitrogens with zero attached hydrogens (tertiary/aromatic N) is 3. The zero-order chi connectivity index (χ0) is 12.3. The summed E-state index contributed by atoms with van der Waals surface area (Å²) in [4.78, 5) is 8.08. The molecule has 0 bridgehead atoms. The highest BCUT2D eigenvalue weighted by molar-refractivity contribution is 6.29. The molecule has 90 valence electrons. The molecule has 7 heteroatoms. The highest BCUT2D eigenvalue weighted by Crippen LogP contribution is 2.22. The summed E-state index contributed by atoms with van der Waals surface area (Å²) in [6, 6.07) is 3.25. The average molecular weight is 254 g/mol. The van der Waals surface area contributed by atoms with Gasteiger partial charge in [-0.1, -0.05) is 16.8 Å². The first-order chi connectivity index (χ1) is 8.19. The highest BCUT2D eigenvalue weighted by Gasteiger charge is 2.10. The zero-order valence-corrected chi connectivity index (χ0v) is 9.81. The molecule has 0 atom stereocenters. The van der Waals surface area contributed by atoms with Gasteiger partial charge in [-0.05, 0) is 25.1 Å². The van der Waals surface area contributed by atoms with Crippen LogP contribution in [0.15, 0.2) is 16.7 Å². The van der Waals surface area contributed by atoms with Gasteiger partial charge in [0.15, 0.2) is 5.82 Å². The molecule has 0 saturated heterocycles. The van der Waals surface area contributed by atoms with Crippen molar-refractivity contribution in [3.8, 4) is 11.5 Å². The second-order valence-electron chi connectivity index (χ2n) is 3.51.